The molecule has 33 heavy (non-hydrogen) atoms. The van der Waals surface area contributed by atoms with Crippen LogP contribution in [0.4, 0.5) is 11.4 Å². The Morgan fingerprint density at radius 1 is 0.909 bits per heavy atom. The first-order valence-corrected chi connectivity index (χ1v) is 12.7. The average molecular weight is 514 g/mol. The number of thiocarbonyl (C=S) groups is 1. The summed E-state index contributed by atoms with van der Waals surface area (Å²) in [5, 5.41) is 8.40. The molecular weight excluding hydrogens is 490 g/mol. The Balaban J connectivity index is 2.66. The summed E-state index contributed by atoms with van der Waals surface area (Å²) >= 11 is 5.18. The lowest BCUT2D eigenvalue weighted by Crippen LogP contribution is -2.34. The van der Waals surface area contributed by atoms with Gasteiger partial charge in [0, 0.05) is 13.0 Å². The second kappa shape index (κ2) is 10.4. The summed E-state index contributed by atoms with van der Waals surface area (Å²) in [5.74, 6) is -0.452. The van der Waals surface area contributed by atoms with Gasteiger partial charge in [0.2, 0.25) is 5.91 Å². The molecule has 0 saturated heterocycles. The number of anilines is 2. The summed E-state index contributed by atoms with van der Waals surface area (Å²) in [6.07, 6.45) is 2.48. The van der Waals surface area contributed by atoms with Crippen molar-refractivity contribution in [2.45, 2.75) is 36.6 Å². The Hall–Kier alpha value is -2.84. The van der Waals surface area contributed by atoms with Gasteiger partial charge in [0.05, 0.1) is 11.4 Å². The van der Waals surface area contributed by atoms with E-state index < -0.39 is 31.0 Å². The fourth-order valence-corrected chi connectivity index (χ4v) is 4.52. The molecule has 0 aliphatic heterocycles. The quantitative estimate of drug-likeness (QED) is 0.211. The molecule has 0 atom stereocenters. The maximum absolute atomic E-state index is 12.1. The maximum Gasteiger partial charge on any atom is 0.295 e. The lowest BCUT2D eigenvalue weighted by atomic mass is 10.1. The Labute approximate surface area is 197 Å². The van der Waals surface area contributed by atoms with Crippen LogP contribution in [0, 0.1) is 0 Å². The molecule has 0 fully saturated rings. The maximum atomic E-state index is 12.1. The topological polar surface area (TPSA) is 162 Å². The zero-order chi connectivity index (χ0) is 25.0. The molecule has 1 amide bonds. The van der Waals surface area contributed by atoms with Crippen molar-refractivity contribution in [2.75, 3.05) is 10.6 Å². The van der Waals surface area contributed by atoms with Gasteiger partial charge in [-0.3, -0.25) is 13.9 Å². The summed E-state index contributed by atoms with van der Waals surface area (Å²) in [5.41, 5.74) is 0.281. The summed E-state index contributed by atoms with van der Waals surface area (Å²) in [6, 6.07) is 7.84. The second-order valence-electron chi connectivity index (χ2n) is 7.19. The molecular formula is C20H23N3O7S3. The summed E-state index contributed by atoms with van der Waals surface area (Å²) in [4.78, 5) is 10.8. The number of rotatable bonds is 7. The van der Waals surface area contributed by atoms with Gasteiger partial charge in [-0.05, 0) is 55.4 Å². The van der Waals surface area contributed by atoms with Crippen LogP contribution in [0.5, 0.6) is 0 Å². The van der Waals surface area contributed by atoms with Crippen molar-refractivity contribution in [1.82, 2.24) is 5.32 Å². The zero-order valence-electron chi connectivity index (χ0n) is 17.9. The Bertz CT molecular complexity index is 1320. The van der Waals surface area contributed by atoms with Crippen molar-refractivity contribution in [3.8, 4) is 0 Å². The first kappa shape index (κ1) is 26.4. The zero-order valence-corrected chi connectivity index (χ0v) is 20.3. The van der Waals surface area contributed by atoms with E-state index >= 15 is 0 Å². The first-order chi connectivity index (χ1) is 15.2. The van der Waals surface area contributed by atoms with Crippen LogP contribution in [0.15, 0.2) is 46.2 Å². The number of amides is 1. The standard InChI is InChI=1S/C20H23N3O7S3/c1-12(2)21-20(31)23-17-11-19(33(28,29)30)15(10-16(17)22-13(3)24)9-8-14-6-4-5-7-18(14)32(25,26)27/h4-12H,1-3H3,(H,22,24)(H2,21,23,31)(H,25,26,27)(H,28,29,30)/b9-8+. The highest BCUT2D eigenvalue weighted by Gasteiger charge is 2.20. The minimum Gasteiger partial charge on any atom is -0.360 e. The number of carbonyl (C=O) groups is 1. The van der Waals surface area contributed by atoms with E-state index in [0.717, 1.165) is 6.07 Å². The van der Waals surface area contributed by atoms with Crippen molar-refractivity contribution in [3.05, 3.63) is 47.5 Å². The Kier molecular flexibility index (Phi) is 8.32. The van der Waals surface area contributed by atoms with Crippen LogP contribution in [0.2, 0.25) is 0 Å². The molecule has 0 saturated carbocycles. The van der Waals surface area contributed by atoms with Gasteiger partial charge in [-0.1, -0.05) is 30.4 Å². The molecule has 0 aliphatic carbocycles. The molecule has 0 heterocycles. The van der Waals surface area contributed by atoms with Crippen molar-refractivity contribution < 1.29 is 30.7 Å². The van der Waals surface area contributed by atoms with Crippen LogP contribution < -0.4 is 16.0 Å². The van der Waals surface area contributed by atoms with Gasteiger partial charge < -0.3 is 16.0 Å². The fourth-order valence-electron chi connectivity index (χ4n) is 2.80. The minimum atomic E-state index is -4.74. The highest BCUT2D eigenvalue weighted by molar-refractivity contribution is 7.86. The van der Waals surface area contributed by atoms with Gasteiger partial charge in [-0.2, -0.15) is 16.8 Å². The van der Waals surface area contributed by atoms with Crippen molar-refractivity contribution >= 4 is 67.0 Å². The van der Waals surface area contributed by atoms with Gasteiger partial charge in [0.25, 0.3) is 20.2 Å². The Morgan fingerprint density at radius 2 is 1.45 bits per heavy atom. The molecule has 0 aliphatic rings. The van der Waals surface area contributed by atoms with E-state index in [9.17, 15) is 30.7 Å². The minimum absolute atomic E-state index is 0.0275. The lowest BCUT2D eigenvalue weighted by Gasteiger charge is -2.18. The van der Waals surface area contributed by atoms with Crippen LogP contribution in [-0.2, 0) is 25.0 Å². The third kappa shape index (κ3) is 7.61. The van der Waals surface area contributed by atoms with Crippen LogP contribution in [-0.4, -0.2) is 43.0 Å². The molecule has 178 valence electrons. The predicted molar refractivity (Wildman–Crippen MR) is 130 cm³/mol. The van der Waals surface area contributed by atoms with Gasteiger partial charge in [-0.25, -0.2) is 0 Å². The molecule has 2 aromatic rings. The SMILES string of the molecule is CC(=O)Nc1cc(/C=C/c2ccccc2S(=O)(=O)O)c(S(=O)(=O)O)cc1NC(=S)NC(C)C. The third-order valence-electron chi connectivity index (χ3n) is 4.05. The summed E-state index contributed by atoms with van der Waals surface area (Å²) in [6.45, 7) is 4.93. The van der Waals surface area contributed by atoms with Crippen molar-refractivity contribution in [2.24, 2.45) is 0 Å². The number of hydrogen-bond acceptors (Lipinski definition) is 6. The number of benzene rings is 2. The molecule has 10 nitrogen and oxygen atoms in total. The average Bonchev–Trinajstić information content (AvgIpc) is 2.65. The summed E-state index contributed by atoms with van der Waals surface area (Å²) in [7, 11) is -9.28. The van der Waals surface area contributed by atoms with E-state index in [1.54, 1.807) is 0 Å². The molecule has 0 aromatic heterocycles. The van der Waals surface area contributed by atoms with Gasteiger partial charge in [0.15, 0.2) is 5.11 Å². The number of hydrogen-bond donors (Lipinski definition) is 5. The lowest BCUT2D eigenvalue weighted by molar-refractivity contribution is -0.114. The molecule has 0 unspecified atom stereocenters. The van der Waals surface area contributed by atoms with E-state index in [1.165, 1.54) is 49.4 Å². The van der Waals surface area contributed by atoms with Crippen molar-refractivity contribution in [1.29, 1.82) is 0 Å². The number of nitrogens with one attached hydrogen (secondary N) is 3. The van der Waals surface area contributed by atoms with E-state index in [-0.39, 0.29) is 38.6 Å². The van der Waals surface area contributed by atoms with Gasteiger partial charge in [-0.15, -0.1) is 0 Å². The molecule has 2 aromatic carbocycles. The normalized spacial score (nSPS) is 12.1. The largest absolute Gasteiger partial charge is 0.360 e. The predicted octanol–water partition coefficient (Wildman–Crippen LogP) is 3.00. The highest BCUT2D eigenvalue weighted by atomic mass is 32.2. The van der Waals surface area contributed by atoms with E-state index in [4.69, 9.17) is 12.2 Å². The summed E-state index contributed by atoms with van der Waals surface area (Å²) < 4.78 is 66.5. The molecule has 0 bridgehead atoms. The molecule has 0 radical (unpaired) electrons. The third-order valence-corrected chi connectivity index (χ3v) is 6.10. The van der Waals surface area contributed by atoms with Gasteiger partial charge >= 0.3 is 0 Å². The highest BCUT2D eigenvalue weighted by Crippen LogP contribution is 2.31. The molecule has 0 spiro atoms. The monoisotopic (exact) mass is 513 g/mol. The molecule has 2 rings (SSSR count). The van der Waals surface area contributed by atoms with Crippen LogP contribution in [0.1, 0.15) is 31.9 Å². The van der Waals surface area contributed by atoms with Crippen LogP contribution >= 0.6 is 12.2 Å². The van der Waals surface area contributed by atoms with E-state index in [1.807, 2.05) is 13.8 Å². The second-order valence-corrected chi connectivity index (χ2v) is 10.4. The van der Waals surface area contributed by atoms with Crippen LogP contribution in [0.3, 0.4) is 0 Å². The van der Waals surface area contributed by atoms with E-state index in [0.29, 0.717) is 0 Å². The number of carbonyl (C=O) groups excluding carboxylic acids is 1. The first-order valence-electron chi connectivity index (χ1n) is 9.43. The molecule has 5 N–H and O–H groups in total. The van der Waals surface area contributed by atoms with E-state index in [2.05, 4.69) is 16.0 Å². The van der Waals surface area contributed by atoms with Gasteiger partial charge in [0.1, 0.15) is 9.79 Å². The molecule has 13 heteroatoms. The fraction of sp³-hybridized carbons (Fsp3) is 0.200. The van der Waals surface area contributed by atoms with Crippen LogP contribution in [0.25, 0.3) is 12.2 Å². The Morgan fingerprint density at radius 3 is 2.00 bits per heavy atom. The van der Waals surface area contributed by atoms with Crippen molar-refractivity contribution in [3.63, 3.8) is 0 Å². The smallest absolute Gasteiger partial charge is 0.295 e.